The highest BCUT2D eigenvalue weighted by Crippen LogP contribution is 2.17. The van der Waals surface area contributed by atoms with Crippen molar-refractivity contribution in [1.82, 2.24) is 4.98 Å². The third kappa shape index (κ3) is 3.68. The Hall–Kier alpha value is -2.10. The van der Waals surface area contributed by atoms with E-state index in [1.54, 1.807) is 25.3 Å². The maximum atomic E-state index is 13.1. The predicted octanol–water partition coefficient (Wildman–Crippen LogP) is 3.54. The van der Waals surface area contributed by atoms with Crippen molar-refractivity contribution in [2.24, 2.45) is 0 Å². The summed E-state index contributed by atoms with van der Waals surface area (Å²) >= 11 is 0. The lowest BCUT2D eigenvalue weighted by molar-refractivity contribution is 0.305. The molecule has 1 aromatic carbocycles. The van der Waals surface area contributed by atoms with Gasteiger partial charge in [-0.15, -0.1) is 0 Å². The van der Waals surface area contributed by atoms with E-state index in [9.17, 15) is 4.39 Å². The summed E-state index contributed by atoms with van der Waals surface area (Å²) in [6.07, 6.45) is 1.74. The smallest absolute Gasteiger partial charge is 0.126 e. The summed E-state index contributed by atoms with van der Waals surface area (Å²) in [6, 6.07) is 8.59. The van der Waals surface area contributed by atoms with Gasteiger partial charge in [0.15, 0.2) is 0 Å². The fourth-order valence-electron chi connectivity index (χ4n) is 1.72. The van der Waals surface area contributed by atoms with Crippen LogP contribution in [0.2, 0.25) is 0 Å². The van der Waals surface area contributed by atoms with E-state index in [1.807, 2.05) is 19.1 Å². The van der Waals surface area contributed by atoms with E-state index in [0.29, 0.717) is 17.9 Å². The Morgan fingerprint density at radius 3 is 2.84 bits per heavy atom. The van der Waals surface area contributed by atoms with Crippen molar-refractivity contribution in [3.8, 4) is 5.75 Å². The first-order valence-corrected chi connectivity index (χ1v) is 6.27. The largest absolute Gasteiger partial charge is 0.489 e. The second-order valence-electron chi connectivity index (χ2n) is 4.28. The van der Waals surface area contributed by atoms with Crippen molar-refractivity contribution in [2.75, 3.05) is 11.9 Å². The van der Waals surface area contributed by atoms with Gasteiger partial charge in [0.25, 0.3) is 0 Å². The molecule has 0 spiro atoms. The Morgan fingerprint density at radius 2 is 2.11 bits per heavy atom. The number of rotatable bonds is 5. The van der Waals surface area contributed by atoms with Crippen molar-refractivity contribution in [2.45, 2.75) is 20.5 Å². The van der Waals surface area contributed by atoms with Crippen LogP contribution < -0.4 is 10.1 Å². The van der Waals surface area contributed by atoms with E-state index in [2.05, 4.69) is 10.3 Å². The van der Waals surface area contributed by atoms with E-state index in [-0.39, 0.29) is 5.82 Å². The molecule has 0 aliphatic rings. The summed E-state index contributed by atoms with van der Waals surface area (Å²) in [5.41, 5.74) is 1.61. The summed E-state index contributed by atoms with van der Waals surface area (Å²) in [7, 11) is 0. The fraction of sp³-hybridized carbons (Fsp3) is 0.267. The Morgan fingerprint density at radius 1 is 1.26 bits per heavy atom. The number of ether oxygens (including phenoxy) is 1. The van der Waals surface area contributed by atoms with Crippen LogP contribution in [0.4, 0.5) is 10.2 Å². The summed E-state index contributed by atoms with van der Waals surface area (Å²) in [5.74, 6) is 1.28. The first-order valence-electron chi connectivity index (χ1n) is 6.27. The van der Waals surface area contributed by atoms with Gasteiger partial charge >= 0.3 is 0 Å². The summed E-state index contributed by atoms with van der Waals surface area (Å²) in [5, 5.41) is 3.15. The number of halogens is 1. The number of aryl methyl sites for hydroxylation is 1. The molecule has 19 heavy (non-hydrogen) atoms. The molecule has 2 aromatic rings. The van der Waals surface area contributed by atoms with Crippen LogP contribution in [0, 0.1) is 12.7 Å². The lowest BCUT2D eigenvalue weighted by atomic mass is 10.2. The van der Waals surface area contributed by atoms with Gasteiger partial charge in [0.1, 0.15) is 24.0 Å². The number of hydrogen-bond acceptors (Lipinski definition) is 3. The van der Waals surface area contributed by atoms with Crippen LogP contribution in [0.25, 0.3) is 0 Å². The van der Waals surface area contributed by atoms with Crippen LogP contribution in [0.3, 0.4) is 0 Å². The molecule has 1 aromatic heterocycles. The molecule has 100 valence electrons. The topological polar surface area (TPSA) is 34.1 Å². The van der Waals surface area contributed by atoms with Gasteiger partial charge in [0.2, 0.25) is 0 Å². The maximum absolute atomic E-state index is 13.1. The highest BCUT2D eigenvalue weighted by molar-refractivity contribution is 5.37. The molecule has 0 atom stereocenters. The molecule has 1 heterocycles. The highest BCUT2D eigenvalue weighted by Gasteiger charge is 2.01. The number of pyridine rings is 1. The van der Waals surface area contributed by atoms with Crippen LogP contribution >= 0.6 is 0 Å². The first-order chi connectivity index (χ1) is 9.19. The number of aromatic nitrogens is 1. The molecule has 4 heteroatoms. The molecule has 1 N–H and O–H groups in total. The minimum absolute atomic E-state index is 0.217. The molecule has 0 aliphatic heterocycles. The number of anilines is 1. The van der Waals surface area contributed by atoms with E-state index < -0.39 is 0 Å². The zero-order valence-corrected chi connectivity index (χ0v) is 11.1. The van der Waals surface area contributed by atoms with Gasteiger partial charge in [0.05, 0.1) is 0 Å². The lowest BCUT2D eigenvalue weighted by Gasteiger charge is -2.09. The predicted molar refractivity (Wildman–Crippen MR) is 73.9 cm³/mol. The molecule has 0 fully saturated rings. The molecule has 0 bridgehead atoms. The normalized spacial score (nSPS) is 10.3. The van der Waals surface area contributed by atoms with Crippen molar-refractivity contribution in [3.05, 3.63) is 53.5 Å². The quantitative estimate of drug-likeness (QED) is 0.892. The van der Waals surface area contributed by atoms with Gasteiger partial charge in [0, 0.05) is 12.7 Å². The van der Waals surface area contributed by atoms with Gasteiger partial charge < -0.3 is 10.1 Å². The van der Waals surface area contributed by atoms with Crippen molar-refractivity contribution in [1.29, 1.82) is 0 Å². The van der Waals surface area contributed by atoms with Crippen molar-refractivity contribution in [3.63, 3.8) is 0 Å². The van der Waals surface area contributed by atoms with E-state index in [0.717, 1.165) is 17.9 Å². The molecule has 0 aliphatic carbocycles. The van der Waals surface area contributed by atoms with E-state index in [4.69, 9.17) is 4.74 Å². The average Bonchev–Trinajstić information content (AvgIpc) is 2.41. The van der Waals surface area contributed by atoms with Crippen molar-refractivity contribution >= 4 is 5.82 Å². The molecule has 2 rings (SSSR count). The van der Waals surface area contributed by atoms with E-state index >= 15 is 0 Å². The molecule has 0 unspecified atom stereocenters. The SMILES string of the molecule is CCNc1cc(COc2ccc(F)c(C)c2)ccn1. The second kappa shape index (κ2) is 6.18. The van der Waals surface area contributed by atoms with E-state index in [1.165, 1.54) is 6.07 Å². The van der Waals surface area contributed by atoms with Crippen molar-refractivity contribution < 1.29 is 9.13 Å². The highest BCUT2D eigenvalue weighted by atomic mass is 19.1. The van der Waals surface area contributed by atoms with Crippen LogP contribution in [0.1, 0.15) is 18.1 Å². The Labute approximate surface area is 112 Å². The third-order valence-corrected chi connectivity index (χ3v) is 2.72. The van der Waals surface area contributed by atoms with Gasteiger partial charge in [-0.1, -0.05) is 0 Å². The molecular weight excluding hydrogens is 243 g/mol. The third-order valence-electron chi connectivity index (χ3n) is 2.72. The zero-order chi connectivity index (χ0) is 13.7. The van der Waals surface area contributed by atoms with Gasteiger partial charge in [-0.3, -0.25) is 0 Å². The molecular formula is C15H17FN2O. The Bertz CT molecular complexity index is 558. The summed E-state index contributed by atoms with van der Waals surface area (Å²) < 4.78 is 18.8. The standard InChI is InChI=1S/C15H17FN2O/c1-3-17-15-9-12(6-7-18-15)10-19-13-4-5-14(16)11(2)8-13/h4-9H,3,10H2,1-2H3,(H,17,18). The number of nitrogens with zero attached hydrogens (tertiary/aromatic N) is 1. The monoisotopic (exact) mass is 260 g/mol. The fourth-order valence-corrected chi connectivity index (χ4v) is 1.72. The van der Waals surface area contributed by atoms with Crippen LogP contribution in [0.15, 0.2) is 36.5 Å². The Balaban J connectivity index is 2.01. The molecule has 3 nitrogen and oxygen atoms in total. The number of hydrogen-bond donors (Lipinski definition) is 1. The lowest BCUT2D eigenvalue weighted by Crippen LogP contribution is -2.01. The zero-order valence-electron chi connectivity index (χ0n) is 11.1. The van der Waals surface area contributed by atoms with Gasteiger partial charge in [-0.2, -0.15) is 0 Å². The molecule has 0 amide bonds. The minimum Gasteiger partial charge on any atom is -0.489 e. The van der Waals surface area contributed by atoms with Gasteiger partial charge in [-0.25, -0.2) is 9.37 Å². The molecule has 0 saturated carbocycles. The van der Waals surface area contributed by atoms with Crippen LogP contribution in [-0.2, 0) is 6.61 Å². The summed E-state index contributed by atoms with van der Waals surface area (Å²) in [4.78, 5) is 4.19. The van der Waals surface area contributed by atoms with Crippen LogP contribution in [-0.4, -0.2) is 11.5 Å². The first kappa shape index (κ1) is 13.3. The maximum Gasteiger partial charge on any atom is 0.126 e. The molecule has 0 radical (unpaired) electrons. The van der Waals surface area contributed by atoms with Gasteiger partial charge in [-0.05, 0) is 55.3 Å². The average molecular weight is 260 g/mol. The summed E-state index contributed by atoms with van der Waals surface area (Å²) in [6.45, 7) is 5.00. The number of nitrogens with one attached hydrogen (secondary N) is 1. The second-order valence-corrected chi connectivity index (χ2v) is 4.28. The Kier molecular flexibility index (Phi) is 4.34. The molecule has 0 saturated heterocycles. The minimum atomic E-state index is -0.217. The van der Waals surface area contributed by atoms with Crippen LogP contribution in [0.5, 0.6) is 5.75 Å². The number of benzene rings is 1.